The van der Waals surface area contributed by atoms with Crippen LogP contribution in [0.25, 0.3) is 11.0 Å². The maximum atomic E-state index is 12.0. The van der Waals surface area contributed by atoms with Crippen LogP contribution in [-0.2, 0) is 13.6 Å². The standard InChI is InChI=1S/C13H18N2O/c1-5-15-12-10(9(2)3)7-6-8-11(12)14(4)13(15)16/h6-9H,5H2,1-4H3. The Hall–Kier alpha value is -1.51. The molecule has 0 aliphatic heterocycles. The Balaban J connectivity index is 2.96. The van der Waals surface area contributed by atoms with Gasteiger partial charge in [-0.3, -0.25) is 9.13 Å². The lowest BCUT2D eigenvalue weighted by Gasteiger charge is -2.09. The van der Waals surface area contributed by atoms with E-state index in [0.717, 1.165) is 17.6 Å². The van der Waals surface area contributed by atoms with Crippen LogP contribution in [0.5, 0.6) is 0 Å². The van der Waals surface area contributed by atoms with Crippen LogP contribution in [0, 0.1) is 0 Å². The first-order valence-electron chi connectivity index (χ1n) is 5.76. The zero-order valence-electron chi connectivity index (χ0n) is 10.3. The fourth-order valence-electron chi connectivity index (χ4n) is 2.25. The molecule has 2 rings (SSSR count). The average molecular weight is 218 g/mol. The first kappa shape index (κ1) is 11.0. The van der Waals surface area contributed by atoms with Gasteiger partial charge in [0.25, 0.3) is 0 Å². The van der Waals surface area contributed by atoms with Crippen molar-refractivity contribution in [3.63, 3.8) is 0 Å². The third-order valence-electron chi connectivity index (χ3n) is 3.13. The Kier molecular flexibility index (Phi) is 2.62. The third-order valence-corrected chi connectivity index (χ3v) is 3.13. The summed E-state index contributed by atoms with van der Waals surface area (Å²) >= 11 is 0. The van der Waals surface area contributed by atoms with Gasteiger partial charge in [0.1, 0.15) is 0 Å². The topological polar surface area (TPSA) is 26.9 Å². The van der Waals surface area contributed by atoms with Crippen LogP contribution in [-0.4, -0.2) is 9.13 Å². The third kappa shape index (κ3) is 1.39. The van der Waals surface area contributed by atoms with Crippen LogP contribution in [0.3, 0.4) is 0 Å². The summed E-state index contributed by atoms with van der Waals surface area (Å²) in [7, 11) is 1.83. The summed E-state index contributed by atoms with van der Waals surface area (Å²) < 4.78 is 3.58. The quantitative estimate of drug-likeness (QED) is 0.760. The average Bonchev–Trinajstić information content (AvgIpc) is 2.51. The number of nitrogens with zero attached hydrogens (tertiary/aromatic N) is 2. The molecule has 0 saturated carbocycles. The second-order valence-electron chi connectivity index (χ2n) is 4.46. The van der Waals surface area contributed by atoms with E-state index in [9.17, 15) is 4.79 Å². The molecule has 0 atom stereocenters. The molecule has 0 aliphatic rings. The summed E-state index contributed by atoms with van der Waals surface area (Å²) in [5.41, 5.74) is 3.44. The molecule has 0 saturated heterocycles. The largest absolute Gasteiger partial charge is 0.328 e. The molecule has 3 nitrogen and oxygen atoms in total. The molecular formula is C13H18N2O. The minimum Gasteiger partial charge on any atom is -0.295 e. The number of benzene rings is 1. The first-order chi connectivity index (χ1) is 7.57. The van der Waals surface area contributed by atoms with E-state index in [0.29, 0.717) is 5.92 Å². The number of imidazole rings is 1. The van der Waals surface area contributed by atoms with E-state index >= 15 is 0 Å². The fourth-order valence-corrected chi connectivity index (χ4v) is 2.25. The monoisotopic (exact) mass is 218 g/mol. The highest BCUT2D eigenvalue weighted by Crippen LogP contribution is 2.24. The van der Waals surface area contributed by atoms with E-state index in [1.54, 1.807) is 4.57 Å². The number of aromatic nitrogens is 2. The molecule has 1 aromatic carbocycles. The van der Waals surface area contributed by atoms with Gasteiger partial charge in [0.05, 0.1) is 11.0 Å². The smallest absolute Gasteiger partial charge is 0.295 e. The first-order valence-corrected chi connectivity index (χ1v) is 5.76. The number of fused-ring (bicyclic) bond motifs is 1. The van der Waals surface area contributed by atoms with Crippen LogP contribution in [0.1, 0.15) is 32.3 Å². The Morgan fingerprint density at radius 1 is 1.31 bits per heavy atom. The van der Waals surface area contributed by atoms with E-state index in [1.165, 1.54) is 5.56 Å². The van der Waals surface area contributed by atoms with Gasteiger partial charge in [-0.05, 0) is 24.5 Å². The maximum Gasteiger partial charge on any atom is 0.328 e. The molecule has 0 aliphatic carbocycles. The van der Waals surface area contributed by atoms with Gasteiger partial charge in [0.15, 0.2) is 0 Å². The van der Waals surface area contributed by atoms with Gasteiger partial charge in [0.2, 0.25) is 0 Å². The van der Waals surface area contributed by atoms with E-state index in [-0.39, 0.29) is 5.69 Å². The molecule has 0 spiro atoms. The van der Waals surface area contributed by atoms with Crippen LogP contribution in [0.2, 0.25) is 0 Å². The van der Waals surface area contributed by atoms with Crippen molar-refractivity contribution in [2.24, 2.45) is 7.05 Å². The van der Waals surface area contributed by atoms with Gasteiger partial charge in [-0.25, -0.2) is 4.79 Å². The van der Waals surface area contributed by atoms with E-state index in [4.69, 9.17) is 0 Å². The van der Waals surface area contributed by atoms with Crippen molar-refractivity contribution < 1.29 is 0 Å². The lowest BCUT2D eigenvalue weighted by atomic mass is 10.0. The minimum absolute atomic E-state index is 0.0746. The highest BCUT2D eigenvalue weighted by molar-refractivity contribution is 5.80. The summed E-state index contributed by atoms with van der Waals surface area (Å²) in [5.74, 6) is 0.434. The van der Waals surface area contributed by atoms with Gasteiger partial charge in [-0.2, -0.15) is 0 Å². The normalized spacial score (nSPS) is 11.6. The summed E-state index contributed by atoms with van der Waals surface area (Å²) in [4.78, 5) is 12.0. The molecule has 0 bridgehead atoms. The lowest BCUT2D eigenvalue weighted by Crippen LogP contribution is -2.21. The Labute approximate surface area is 95.3 Å². The maximum absolute atomic E-state index is 12.0. The van der Waals surface area contributed by atoms with Crippen molar-refractivity contribution in [3.8, 4) is 0 Å². The molecule has 0 N–H and O–H groups in total. The van der Waals surface area contributed by atoms with E-state index in [2.05, 4.69) is 19.9 Å². The van der Waals surface area contributed by atoms with Crippen molar-refractivity contribution in [1.29, 1.82) is 0 Å². The SMILES string of the molecule is CCn1c(=O)n(C)c2cccc(C(C)C)c21. The van der Waals surface area contributed by atoms with Gasteiger partial charge < -0.3 is 0 Å². The molecule has 0 radical (unpaired) electrons. The number of hydrogen-bond donors (Lipinski definition) is 0. The second-order valence-corrected chi connectivity index (χ2v) is 4.46. The summed E-state index contributed by atoms with van der Waals surface area (Å²) in [6, 6.07) is 6.14. The number of aryl methyl sites for hydroxylation is 2. The number of para-hydroxylation sites is 1. The predicted molar refractivity (Wildman–Crippen MR) is 66.9 cm³/mol. The number of hydrogen-bond acceptors (Lipinski definition) is 1. The van der Waals surface area contributed by atoms with Gasteiger partial charge >= 0.3 is 5.69 Å². The Bertz CT molecular complexity index is 575. The van der Waals surface area contributed by atoms with Crippen molar-refractivity contribution >= 4 is 11.0 Å². The molecule has 3 heteroatoms. The van der Waals surface area contributed by atoms with Gasteiger partial charge in [-0.1, -0.05) is 26.0 Å². The van der Waals surface area contributed by atoms with Crippen LogP contribution in [0.4, 0.5) is 0 Å². The van der Waals surface area contributed by atoms with Crippen molar-refractivity contribution in [1.82, 2.24) is 9.13 Å². The van der Waals surface area contributed by atoms with Crippen molar-refractivity contribution in [2.75, 3.05) is 0 Å². The van der Waals surface area contributed by atoms with Crippen molar-refractivity contribution in [3.05, 3.63) is 34.2 Å². The van der Waals surface area contributed by atoms with E-state index < -0.39 is 0 Å². The van der Waals surface area contributed by atoms with Gasteiger partial charge in [0, 0.05) is 13.6 Å². The Morgan fingerprint density at radius 2 is 2.00 bits per heavy atom. The lowest BCUT2D eigenvalue weighted by molar-refractivity contribution is 0.707. The molecule has 16 heavy (non-hydrogen) atoms. The second kappa shape index (κ2) is 3.81. The van der Waals surface area contributed by atoms with Gasteiger partial charge in [-0.15, -0.1) is 0 Å². The zero-order chi connectivity index (χ0) is 11.9. The zero-order valence-corrected chi connectivity index (χ0v) is 10.3. The molecule has 2 aromatic rings. The summed E-state index contributed by atoms with van der Waals surface area (Å²) in [6.07, 6.45) is 0. The Morgan fingerprint density at radius 3 is 2.56 bits per heavy atom. The highest BCUT2D eigenvalue weighted by atomic mass is 16.1. The molecule has 0 fully saturated rings. The number of rotatable bonds is 2. The van der Waals surface area contributed by atoms with Crippen LogP contribution >= 0.6 is 0 Å². The molecule has 1 aromatic heterocycles. The predicted octanol–water partition coefficient (Wildman–Crippen LogP) is 2.48. The molecular weight excluding hydrogens is 200 g/mol. The fraction of sp³-hybridized carbons (Fsp3) is 0.462. The molecule has 0 amide bonds. The summed E-state index contributed by atoms with van der Waals surface area (Å²) in [5, 5.41) is 0. The van der Waals surface area contributed by atoms with Crippen molar-refractivity contribution in [2.45, 2.75) is 33.2 Å². The summed E-state index contributed by atoms with van der Waals surface area (Å²) in [6.45, 7) is 7.05. The molecule has 86 valence electrons. The van der Waals surface area contributed by atoms with Crippen LogP contribution in [0.15, 0.2) is 23.0 Å². The van der Waals surface area contributed by atoms with Crippen LogP contribution < -0.4 is 5.69 Å². The highest BCUT2D eigenvalue weighted by Gasteiger charge is 2.14. The minimum atomic E-state index is 0.0746. The molecule has 0 unspecified atom stereocenters. The molecule has 1 heterocycles. The van der Waals surface area contributed by atoms with E-state index in [1.807, 2.05) is 30.7 Å².